The van der Waals surface area contributed by atoms with Gasteiger partial charge in [-0.2, -0.15) is 0 Å². The molecule has 10 nitrogen and oxygen atoms in total. The maximum Gasteiger partial charge on any atom is 0.305 e. The standard InChI is InChI=1S/C47H63N5O5/c1-10-13-15-17-19-23-57-31(8)41-29(6)36-25-38-32(12-3)27(4)34(48-38)24-35-28(5)33(20-21-40(53)56-9)44(50-35)43-45-42(30(7)37(51-45)26-39(41)49-36)46(54)52(47(43)55)22-18-16-14-11-2/h24-26,28,31,33,50-51H,10-23H2,1-9H3/t28-,31?,33-/m0/s1. The van der Waals surface area contributed by atoms with E-state index < -0.39 is 0 Å². The predicted molar refractivity (Wildman–Crippen MR) is 228 cm³/mol. The zero-order chi connectivity index (χ0) is 41.0. The first-order valence-electron chi connectivity index (χ1n) is 21.5. The molecule has 0 fully saturated rings. The van der Waals surface area contributed by atoms with Crippen molar-refractivity contribution in [3.63, 3.8) is 0 Å². The van der Waals surface area contributed by atoms with Gasteiger partial charge in [-0.3, -0.25) is 19.3 Å². The third-order valence-corrected chi connectivity index (χ3v) is 12.5. The quantitative estimate of drug-likeness (QED) is 0.0929. The molecule has 2 amide bonds. The minimum atomic E-state index is -0.323. The number of allylic oxidation sites excluding steroid dienone is 3. The number of carbonyl (C=O) groups is 3. The van der Waals surface area contributed by atoms with E-state index in [-0.39, 0.29) is 42.1 Å². The van der Waals surface area contributed by atoms with E-state index in [4.69, 9.17) is 19.4 Å². The van der Waals surface area contributed by atoms with Crippen molar-refractivity contribution in [2.75, 3.05) is 20.3 Å². The maximum absolute atomic E-state index is 14.8. The van der Waals surface area contributed by atoms with Gasteiger partial charge in [-0.1, -0.05) is 72.6 Å². The molecule has 3 atom stereocenters. The number of aromatic amines is 2. The minimum absolute atomic E-state index is 0.0766. The molecule has 10 heteroatoms. The normalized spacial score (nSPS) is 17.8. The molecule has 2 aromatic heterocycles. The van der Waals surface area contributed by atoms with Crippen LogP contribution in [0.15, 0.2) is 18.2 Å². The van der Waals surface area contributed by atoms with Crippen molar-refractivity contribution in [1.82, 2.24) is 24.8 Å². The van der Waals surface area contributed by atoms with E-state index in [1.165, 1.54) is 31.3 Å². The molecule has 6 heterocycles. The highest BCUT2D eigenvalue weighted by Gasteiger charge is 2.40. The number of nitrogens with one attached hydrogen (secondary N) is 2. The molecule has 8 bridgehead atoms. The fourth-order valence-electron chi connectivity index (χ4n) is 9.01. The Bertz CT molecular complexity index is 2150. The molecule has 0 aliphatic carbocycles. The van der Waals surface area contributed by atoms with E-state index in [1.54, 1.807) is 0 Å². The summed E-state index contributed by atoms with van der Waals surface area (Å²) >= 11 is 0. The van der Waals surface area contributed by atoms with Gasteiger partial charge in [0, 0.05) is 53.9 Å². The Hall–Kier alpha value is -4.57. The van der Waals surface area contributed by atoms with Crippen LogP contribution in [-0.2, 0) is 14.3 Å². The highest BCUT2D eigenvalue weighted by molar-refractivity contribution is 6.23. The Morgan fingerprint density at radius 3 is 2.19 bits per heavy atom. The van der Waals surface area contributed by atoms with Crippen molar-refractivity contribution < 1.29 is 23.9 Å². The number of ether oxygens (including phenoxy) is 2. The van der Waals surface area contributed by atoms with Gasteiger partial charge in [-0.05, 0) is 93.9 Å². The first kappa shape index (κ1) is 42.0. The van der Waals surface area contributed by atoms with Crippen LogP contribution in [-0.4, -0.2) is 69.0 Å². The van der Waals surface area contributed by atoms with Crippen molar-refractivity contribution >= 4 is 51.1 Å². The molecule has 0 spiro atoms. The van der Waals surface area contributed by atoms with Gasteiger partial charge in [-0.25, -0.2) is 9.97 Å². The minimum Gasteiger partial charge on any atom is -0.469 e. The van der Waals surface area contributed by atoms with Crippen LogP contribution < -0.4 is 0 Å². The van der Waals surface area contributed by atoms with E-state index in [0.29, 0.717) is 41.9 Å². The van der Waals surface area contributed by atoms with Gasteiger partial charge < -0.3 is 19.4 Å². The van der Waals surface area contributed by atoms with E-state index in [1.807, 2.05) is 13.0 Å². The van der Waals surface area contributed by atoms with Crippen molar-refractivity contribution in [3.05, 3.63) is 69.1 Å². The van der Waals surface area contributed by atoms with Gasteiger partial charge >= 0.3 is 5.97 Å². The third kappa shape index (κ3) is 8.38. The number of nitrogens with zero attached hydrogens (tertiary/aromatic N) is 3. The summed E-state index contributed by atoms with van der Waals surface area (Å²) in [4.78, 5) is 61.1. The molecule has 57 heavy (non-hydrogen) atoms. The number of hydrogen-bond acceptors (Lipinski definition) is 7. The zero-order valence-corrected chi connectivity index (χ0v) is 35.7. The van der Waals surface area contributed by atoms with Gasteiger partial charge in [-0.15, -0.1) is 0 Å². The summed E-state index contributed by atoms with van der Waals surface area (Å²) in [7, 11) is 1.40. The fraction of sp³-hybridized carbons (Fsp3) is 0.553. The first-order valence-corrected chi connectivity index (χ1v) is 21.5. The topological polar surface area (TPSA) is 130 Å². The van der Waals surface area contributed by atoms with Crippen LogP contribution in [0, 0.1) is 6.92 Å². The predicted octanol–water partition coefficient (Wildman–Crippen LogP) is 11.0. The average Bonchev–Trinajstić information content (AvgIpc) is 3.87. The van der Waals surface area contributed by atoms with Crippen LogP contribution in [0.2, 0.25) is 0 Å². The van der Waals surface area contributed by atoms with Crippen molar-refractivity contribution in [2.24, 2.45) is 0 Å². The molecule has 6 rings (SSSR count). The molecule has 4 aliphatic heterocycles. The van der Waals surface area contributed by atoms with Crippen LogP contribution in [0.3, 0.4) is 0 Å². The molecule has 0 saturated heterocycles. The van der Waals surface area contributed by atoms with Crippen LogP contribution in [0.1, 0.15) is 198 Å². The molecule has 0 saturated carbocycles. The molecule has 4 aliphatic rings. The highest BCUT2D eigenvalue weighted by Crippen LogP contribution is 2.45. The number of aromatic nitrogens is 4. The summed E-state index contributed by atoms with van der Waals surface area (Å²) in [5, 5.41) is 0. The number of carbonyl (C=O) groups excluding carboxylic acids is 3. The monoisotopic (exact) mass is 777 g/mol. The van der Waals surface area contributed by atoms with E-state index >= 15 is 0 Å². The molecule has 2 aromatic rings. The lowest BCUT2D eigenvalue weighted by Gasteiger charge is -2.27. The average molecular weight is 778 g/mol. The van der Waals surface area contributed by atoms with Crippen molar-refractivity contribution in [1.29, 1.82) is 0 Å². The summed E-state index contributed by atoms with van der Waals surface area (Å²) in [5.74, 6) is -1.21. The van der Waals surface area contributed by atoms with Crippen LogP contribution in [0.4, 0.5) is 0 Å². The lowest BCUT2D eigenvalue weighted by molar-refractivity contribution is -0.140. The first-order chi connectivity index (χ1) is 27.4. The van der Waals surface area contributed by atoms with Gasteiger partial charge in [0.2, 0.25) is 0 Å². The van der Waals surface area contributed by atoms with E-state index in [9.17, 15) is 14.4 Å². The molecular formula is C47H63N5O5. The molecular weight excluding hydrogens is 715 g/mol. The number of aryl methyl sites for hydroxylation is 1. The number of amides is 2. The SMILES string of the molecule is CCCCCCCOC(C)C1=C(C)c2cc3nc(cc4[nH]c(c5c6[nH]c(cc1n2)c(C)c6C(=O)N(CCCCCC)C5=O)[C@@H](CCC(=O)OC)[C@@H]4C)C(C)=C3CC. The van der Waals surface area contributed by atoms with Crippen LogP contribution >= 0.6 is 0 Å². The Balaban J connectivity index is 1.63. The maximum atomic E-state index is 14.8. The summed E-state index contributed by atoms with van der Waals surface area (Å²) in [6.45, 7) is 17.9. The second-order valence-corrected chi connectivity index (χ2v) is 16.2. The van der Waals surface area contributed by atoms with Gasteiger partial charge in [0.1, 0.15) is 0 Å². The van der Waals surface area contributed by atoms with Gasteiger partial charge in [0.25, 0.3) is 11.8 Å². The molecule has 2 N–H and O–H groups in total. The van der Waals surface area contributed by atoms with Crippen LogP contribution in [0.5, 0.6) is 0 Å². The number of H-pyrrole nitrogens is 2. The molecule has 1 unspecified atom stereocenters. The summed E-state index contributed by atoms with van der Waals surface area (Å²) in [6.07, 6.45) is 10.8. The molecule has 306 valence electrons. The largest absolute Gasteiger partial charge is 0.469 e. The number of fused-ring (bicyclic) bond motifs is 8. The van der Waals surface area contributed by atoms with Gasteiger partial charge in [0.15, 0.2) is 0 Å². The van der Waals surface area contributed by atoms with E-state index in [0.717, 1.165) is 107 Å². The lowest BCUT2D eigenvalue weighted by atomic mass is 9.84. The molecule has 0 aromatic carbocycles. The Morgan fingerprint density at radius 1 is 0.825 bits per heavy atom. The number of esters is 1. The zero-order valence-electron chi connectivity index (χ0n) is 35.7. The summed E-state index contributed by atoms with van der Waals surface area (Å²) in [6, 6.07) is 6.22. The fourth-order valence-corrected chi connectivity index (χ4v) is 9.01. The lowest BCUT2D eigenvalue weighted by Crippen LogP contribution is -2.41. The Kier molecular flexibility index (Phi) is 13.5. The molecule has 0 radical (unpaired) electrons. The van der Waals surface area contributed by atoms with Gasteiger partial charge in [0.05, 0.1) is 52.6 Å². The Labute approximate surface area is 338 Å². The number of rotatable bonds is 17. The number of methoxy groups -OCH3 is 1. The smallest absolute Gasteiger partial charge is 0.305 e. The van der Waals surface area contributed by atoms with E-state index in [2.05, 4.69) is 70.6 Å². The number of hydrogen-bond donors (Lipinski definition) is 2. The highest BCUT2D eigenvalue weighted by atomic mass is 16.5. The van der Waals surface area contributed by atoms with Crippen molar-refractivity contribution in [2.45, 2.75) is 150 Å². The van der Waals surface area contributed by atoms with Crippen molar-refractivity contribution in [3.8, 4) is 0 Å². The second kappa shape index (κ2) is 18.3. The third-order valence-electron chi connectivity index (χ3n) is 12.5. The number of unbranched alkanes of at least 4 members (excludes halogenated alkanes) is 7. The Morgan fingerprint density at radius 2 is 1.49 bits per heavy atom. The van der Waals surface area contributed by atoms with Crippen LogP contribution in [0.25, 0.3) is 33.3 Å². The summed E-state index contributed by atoms with van der Waals surface area (Å²) < 4.78 is 11.6. The summed E-state index contributed by atoms with van der Waals surface area (Å²) in [5.41, 5.74) is 12.2. The number of imide groups is 1. The second-order valence-electron chi connectivity index (χ2n) is 16.2.